The molecule has 1 aliphatic heterocycles. The molecule has 5 nitrogen and oxygen atoms in total. The molecule has 1 aromatic carbocycles. The van der Waals surface area contributed by atoms with Crippen molar-refractivity contribution in [1.82, 2.24) is 10.2 Å². The van der Waals surface area contributed by atoms with Crippen molar-refractivity contribution in [1.29, 1.82) is 0 Å². The minimum Gasteiger partial charge on any atom is -0.493 e. The molecule has 1 amide bonds. The highest BCUT2D eigenvalue weighted by atomic mass is 16.5. The third-order valence-electron chi connectivity index (χ3n) is 4.76. The number of ether oxygens (including phenoxy) is 2. The van der Waals surface area contributed by atoms with Crippen LogP contribution in [0.15, 0.2) is 18.2 Å². The van der Waals surface area contributed by atoms with E-state index in [1.54, 1.807) is 14.2 Å². The number of nitrogens with one attached hydrogen (secondary N) is 1. The Kier molecular flexibility index (Phi) is 5.52. The van der Waals surface area contributed by atoms with Crippen molar-refractivity contribution in [3.05, 3.63) is 23.8 Å². The van der Waals surface area contributed by atoms with Crippen LogP contribution in [0.5, 0.6) is 11.5 Å². The van der Waals surface area contributed by atoms with Crippen LogP contribution >= 0.6 is 0 Å². The van der Waals surface area contributed by atoms with Crippen LogP contribution in [-0.2, 0) is 10.2 Å². The number of carbonyl (C=O) groups excluding carboxylic acids is 1. The van der Waals surface area contributed by atoms with Crippen molar-refractivity contribution in [3.63, 3.8) is 0 Å². The molecule has 0 radical (unpaired) electrons. The van der Waals surface area contributed by atoms with E-state index in [0.29, 0.717) is 17.5 Å². The van der Waals surface area contributed by atoms with Gasteiger partial charge >= 0.3 is 0 Å². The van der Waals surface area contributed by atoms with Crippen LogP contribution in [0.4, 0.5) is 0 Å². The Hall–Kier alpha value is -1.75. The van der Waals surface area contributed by atoms with Gasteiger partial charge in [-0.15, -0.1) is 0 Å². The summed E-state index contributed by atoms with van der Waals surface area (Å²) in [6.45, 7) is 5.54. The molecule has 1 fully saturated rings. The van der Waals surface area contributed by atoms with Gasteiger partial charge in [0.05, 0.1) is 19.6 Å². The van der Waals surface area contributed by atoms with Crippen LogP contribution in [-0.4, -0.2) is 51.2 Å². The number of piperidine rings is 1. The van der Waals surface area contributed by atoms with Gasteiger partial charge in [-0.1, -0.05) is 6.07 Å². The van der Waals surface area contributed by atoms with Gasteiger partial charge in [0.15, 0.2) is 11.5 Å². The number of benzene rings is 1. The number of nitrogens with zero attached hydrogens (tertiary/aromatic N) is 1. The Balaban J connectivity index is 2.24. The average Bonchev–Trinajstić information content (AvgIpc) is 2.60. The van der Waals surface area contributed by atoms with Crippen LogP contribution in [0.25, 0.3) is 0 Å². The molecule has 0 saturated carbocycles. The minimum atomic E-state index is -0.602. The highest BCUT2D eigenvalue weighted by Crippen LogP contribution is 2.34. The molecule has 2 rings (SSSR count). The zero-order valence-electron chi connectivity index (χ0n) is 14.8. The molecule has 0 bridgehead atoms. The molecule has 1 N–H and O–H groups in total. The van der Waals surface area contributed by atoms with Gasteiger partial charge in [-0.25, -0.2) is 0 Å². The van der Waals surface area contributed by atoms with Crippen LogP contribution in [0, 0.1) is 0 Å². The summed E-state index contributed by atoms with van der Waals surface area (Å²) in [4.78, 5) is 15.0. The molecule has 1 atom stereocenters. The second-order valence-electron chi connectivity index (χ2n) is 6.57. The quantitative estimate of drug-likeness (QED) is 0.903. The number of likely N-dealkylation sites (tertiary alicyclic amines) is 1. The first-order valence-corrected chi connectivity index (χ1v) is 8.13. The number of hydrogen-bond donors (Lipinski definition) is 1. The molecule has 5 heteroatoms. The van der Waals surface area contributed by atoms with Gasteiger partial charge in [0, 0.05) is 19.1 Å². The van der Waals surface area contributed by atoms with Crippen molar-refractivity contribution in [3.8, 4) is 11.5 Å². The molecule has 1 saturated heterocycles. The first kappa shape index (κ1) is 17.6. The van der Waals surface area contributed by atoms with E-state index < -0.39 is 5.41 Å². The van der Waals surface area contributed by atoms with Gasteiger partial charge in [0.1, 0.15) is 0 Å². The molecule has 0 aromatic heterocycles. The van der Waals surface area contributed by atoms with E-state index in [4.69, 9.17) is 9.47 Å². The van der Waals surface area contributed by atoms with Crippen molar-refractivity contribution in [2.45, 2.75) is 38.1 Å². The van der Waals surface area contributed by atoms with Crippen LogP contribution in [0.3, 0.4) is 0 Å². The SMILES string of the molecule is CNC1CCCN(C(=O)C(C)(C)c2ccc(OC)c(OC)c2)C1. The van der Waals surface area contributed by atoms with Crippen molar-refractivity contribution in [2.24, 2.45) is 0 Å². The molecule has 1 aliphatic rings. The summed E-state index contributed by atoms with van der Waals surface area (Å²) in [5, 5.41) is 3.28. The number of hydrogen-bond acceptors (Lipinski definition) is 4. The lowest BCUT2D eigenvalue weighted by Crippen LogP contribution is -2.51. The van der Waals surface area contributed by atoms with Crippen LogP contribution in [0.2, 0.25) is 0 Å². The van der Waals surface area contributed by atoms with Gasteiger partial charge in [0.25, 0.3) is 0 Å². The Morgan fingerprint density at radius 3 is 2.57 bits per heavy atom. The molecule has 1 heterocycles. The molecule has 0 aliphatic carbocycles. The smallest absolute Gasteiger partial charge is 0.232 e. The summed E-state index contributed by atoms with van der Waals surface area (Å²) in [5.74, 6) is 1.48. The number of methoxy groups -OCH3 is 2. The summed E-state index contributed by atoms with van der Waals surface area (Å²) in [5.41, 5.74) is 0.335. The van der Waals surface area contributed by atoms with Crippen molar-refractivity contribution in [2.75, 3.05) is 34.4 Å². The first-order valence-electron chi connectivity index (χ1n) is 8.13. The van der Waals surface area contributed by atoms with Gasteiger partial charge in [-0.05, 0) is 51.4 Å². The van der Waals surface area contributed by atoms with Crippen molar-refractivity contribution < 1.29 is 14.3 Å². The number of carbonyl (C=O) groups is 1. The second kappa shape index (κ2) is 7.21. The maximum absolute atomic E-state index is 13.1. The molecule has 128 valence electrons. The maximum Gasteiger partial charge on any atom is 0.232 e. The monoisotopic (exact) mass is 320 g/mol. The predicted molar refractivity (Wildman–Crippen MR) is 91.2 cm³/mol. The maximum atomic E-state index is 13.1. The topological polar surface area (TPSA) is 50.8 Å². The van der Waals surface area contributed by atoms with Gasteiger partial charge in [-0.2, -0.15) is 0 Å². The average molecular weight is 320 g/mol. The summed E-state index contributed by atoms with van der Waals surface area (Å²) < 4.78 is 10.7. The molecule has 1 unspecified atom stereocenters. The Morgan fingerprint density at radius 1 is 1.26 bits per heavy atom. The lowest BCUT2D eigenvalue weighted by molar-refractivity contribution is -0.137. The first-order chi connectivity index (χ1) is 10.9. The van der Waals surface area contributed by atoms with E-state index >= 15 is 0 Å². The van der Waals surface area contributed by atoms with Gasteiger partial charge in [-0.3, -0.25) is 4.79 Å². The number of rotatable bonds is 5. The van der Waals surface area contributed by atoms with Gasteiger partial charge < -0.3 is 19.7 Å². The lowest BCUT2D eigenvalue weighted by Gasteiger charge is -2.38. The summed E-state index contributed by atoms with van der Waals surface area (Å²) in [7, 11) is 5.18. The second-order valence-corrected chi connectivity index (χ2v) is 6.57. The molecule has 0 spiro atoms. The number of likely N-dealkylation sites (N-methyl/N-ethyl adjacent to an activating group) is 1. The normalized spacial score (nSPS) is 18.7. The number of amides is 1. The summed E-state index contributed by atoms with van der Waals surface area (Å²) >= 11 is 0. The van der Waals surface area contributed by atoms with E-state index in [0.717, 1.165) is 31.5 Å². The fraction of sp³-hybridized carbons (Fsp3) is 0.611. The summed E-state index contributed by atoms with van der Waals surface area (Å²) in [6, 6.07) is 6.08. The third-order valence-corrected chi connectivity index (χ3v) is 4.76. The van der Waals surface area contributed by atoms with E-state index in [1.807, 2.05) is 44.0 Å². The minimum absolute atomic E-state index is 0.157. The highest BCUT2D eigenvalue weighted by molar-refractivity contribution is 5.87. The summed E-state index contributed by atoms with van der Waals surface area (Å²) in [6.07, 6.45) is 2.16. The van der Waals surface area contributed by atoms with E-state index in [9.17, 15) is 4.79 Å². The van der Waals surface area contributed by atoms with Crippen molar-refractivity contribution >= 4 is 5.91 Å². The molecule has 1 aromatic rings. The zero-order valence-corrected chi connectivity index (χ0v) is 14.8. The predicted octanol–water partition coefficient (Wildman–Crippen LogP) is 2.19. The van der Waals surface area contributed by atoms with Crippen LogP contribution in [0.1, 0.15) is 32.3 Å². The van der Waals surface area contributed by atoms with Gasteiger partial charge in [0.2, 0.25) is 5.91 Å². The fourth-order valence-electron chi connectivity index (χ4n) is 3.14. The Labute approximate surface area is 139 Å². The van der Waals surface area contributed by atoms with E-state index in [-0.39, 0.29) is 5.91 Å². The zero-order chi connectivity index (χ0) is 17.0. The van der Waals surface area contributed by atoms with E-state index in [1.165, 1.54) is 0 Å². The molecular weight excluding hydrogens is 292 g/mol. The third kappa shape index (κ3) is 3.61. The Bertz CT molecular complexity index is 557. The molecular formula is C18H28N2O3. The Morgan fingerprint density at radius 2 is 1.96 bits per heavy atom. The standard InChI is InChI=1S/C18H28N2O3/c1-18(2,13-8-9-15(22-4)16(11-13)23-5)17(21)20-10-6-7-14(12-20)19-3/h8-9,11,14,19H,6-7,10,12H2,1-5H3. The highest BCUT2D eigenvalue weighted by Gasteiger charge is 2.36. The van der Waals surface area contributed by atoms with E-state index in [2.05, 4.69) is 5.32 Å². The fourth-order valence-corrected chi connectivity index (χ4v) is 3.14. The molecule has 23 heavy (non-hydrogen) atoms. The van der Waals surface area contributed by atoms with Crippen LogP contribution < -0.4 is 14.8 Å². The largest absolute Gasteiger partial charge is 0.493 e. The lowest BCUT2D eigenvalue weighted by atomic mass is 9.82.